The van der Waals surface area contributed by atoms with Crippen molar-refractivity contribution in [1.29, 1.82) is 0 Å². The summed E-state index contributed by atoms with van der Waals surface area (Å²) in [5, 5.41) is 0.667. The number of nitrogens with two attached hydrogens (primary N) is 1. The van der Waals surface area contributed by atoms with Crippen molar-refractivity contribution in [3.05, 3.63) is 51.5 Å². The van der Waals surface area contributed by atoms with Crippen molar-refractivity contribution < 1.29 is 0 Å². The van der Waals surface area contributed by atoms with Crippen molar-refractivity contribution in [2.24, 2.45) is 0 Å². The standard InChI is InChI=1S/C14H11BrClN3/c1-8-4-9(15)6-11(5-8)19-13-7-10(16)2-3-12(13)18-14(19)17/h2-7H,1H3,(H2,17,18). The molecule has 19 heavy (non-hydrogen) atoms. The second kappa shape index (κ2) is 4.54. The van der Waals surface area contributed by atoms with E-state index < -0.39 is 0 Å². The van der Waals surface area contributed by atoms with Crippen molar-refractivity contribution in [3.63, 3.8) is 0 Å². The first-order valence-corrected chi connectivity index (χ1v) is 6.93. The number of nitrogen functional groups attached to an aromatic ring is 1. The van der Waals surface area contributed by atoms with E-state index in [1.165, 1.54) is 0 Å². The maximum absolute atomic E-state index is 6.06. The SMILES string of the molecule is Cc1cc(Br)cc(-n2c(N)nc3ccc(Cl)cc32)c1. The van der Waals surface area contributed by atoms with Crippen molar-refractivity contribution in [2.75, 3.05) is 5.73 Å². The molecule has 0 unspecified atom stereocenters. The number of benzene rings is 2. The van der Waals surface area contributed by atoms with Crippen LogP contribution in [-0.4, -0.2) is 9.55 Å². The van der Waals surface area contributed by atoms with Crippen LogP contribution < -0.4 is 5.73 Å². The molecule has 0 aliphatic heterocycles. The molecule has 1 heterocycles. The molecule has 5 heteroatoms. The van der Waals surface area contributed by atoms with Gasteiger partial charge in [-0.15, -0.1) is 0 Å². The van der Waals surface area contributed by atoms with Crippen LogP contribution >= 0.6 is 27.5 Å². The summed E-state index contributed by atoms with van der Waals surface area (Å²) in [7, 11) is 0. The van der Waals surface area contributed by atoms with Crippen LogP contribution in [-0.2, 0) is 0 Å². The number of nitrogens with zero attached hydrogens (tertiary/aromatic N) is 2. The first-order valence-electron chi connectivity index (χ1n) is 5.75. The monoisotopic (exact) mass is 335 g/mol. The van der Waals surface area contributed by atoms with E-state index in [1.54, 1.807) is 0 Å². The third kappa shape index (κ3) is 2.22. The Morgan fingerprint density at radius 3 is 2.74 bits per heavy atom. The number of rotatable bonds is 1. The van der Waals surface area contributed by atoms with Crippen LogP contribution in [0.3, 0.4) is 0 Å². The Labute approximate surface area is 124 Å². The molecule has 0 aliphatic rings. The first-order chi connectivity index (χ1) is 9.04. The van der Waals surface area contributed by atoms with Crippen LogP contribution in [0, 0.1) is 6.92 Å². The highest BCUT2D eigenvalue weighted by Gasteiger charge is 2.11. The van der Waals surface area contributed by atoms with Crippen molar-refractivity contribution in [1.82, 2.24) is 9.55 Å². The van der Waals surface area contributed by atoms with Gasteiger partial charge in [0.2, 0.25) is 5.95 Å². The molecule has 0 radical (unpaired) electrons. The van der Waals surface area contributed by atoms with E-state index in [-0.39, 0.29) is 0 Å². The predicted octanol–water partition coefficient (Wildman–Crippen LogP) is 4.33. The highest BCUT2D eigenvalue weighted by molar-refractivity contribution is 9.10. The molecule has 0 amide bonds. The summed E-state index contributed by atoms with van der Waals surface area (Å²) in [6.45, 7) is 2.04. The van der Waals surface area contributed by atoms with E-state index in [2.05, 4.69) is 27.0 Å². The van der Waals surface area contributed by atoms with Gasteiger partial charge in [-0.25, -0.2) is 4.98 Å². The lowest BCUT2D eigenvalue weighted by molar-refractivity contribution is 1.10. The Morgan fingerprint density at radius 2 is 2.00 bits per heavy atom. The molecule has 0 fully saturated rings. The van der Waals surface area contributed by atoms with Gasteiger partial charge in [0.15, 0.2) is 0 Å². The van der Waals surface area contributed by atoms with Crippen molar-refractivity contribution in [2.45, 2.75) is 6.92 Å². The van der Waals surface area contributed by atoms with Crippen LogP contribution in [0.2, 0.25) is 5.02 Å². The molecule has 2 aromatic carbocycles. The molecule has 0 bridgehead atoms. The van der Waals surface area contributed by atoms with Gasteiger partial charge in [-0.05, 0) is 48.9 Å². The molecule has 3 nitrogen and oxygen atoms in total. The molecule has 0 atom stereocenters. The Kier molecular flexibility index (Phi) is 2.99. The summed E-state index contributed by atoms with van der Waals surface area (Å²) in [5.74, 6) is 0.453. The van der Waals surface area contributed by atoms with Crippen LogP contribution in [0.4, 0.5) is 5.95 Å². The third-order valence-electron chi connectivity index (χ3n) is 2.93. The van der Waals surface area contributed by atoms with Gasteiger partial charge in [0, 0.05) is 9.50 Å². The van der Waals surface area contributed by atoms with Crippen molar-refractivity contribution in [3.8, 4) is 5.69 Å². The summed E-state index contributed by atoms with van der Waals surface area (Å²) in [6.07, 6.45) is 0. The average Bonchev–Trinajstić information content (AvgIpc) is 2.63. The van der Waals surface area contributed by atoms with Crippen molar-refractivity contribution >= 4 is 44.5 Å². The number of hydrogen-bond donors (Lipinski definition) is 1. The third-order valence-corrected chi connectivity index (χ3v) is 3.62. The van der Waals surface area contributed by atoms with Gasteiger partial charge in [-0.3, -0.25) is 4.57 Å². The molecule has 0 spiro atoms. The van der Waals surface area contributed by atoms with E-state index in [4.69, 9.17) is 17.3 Å². The Balaban J connectivity index is 2.35. The average molecular weight is 337 g/mol. The second-order valence-electron chi connectivity index (χ2n) is 4.43. The summed E-state index contributed by atoms with van der Waals surface area (Å²) in [5.41, 5.74) is 9.88. The zero-order valence-electron chi connectivity index (χ0n) is 10.2. The van der Waals surface area contributed by atoms with Gasteiger partial charge in [-0.1, -0.05) is 27.5 Å². The number of fused-ring (bicyclic) bond motifs is 1. The van der Waals surface area contributed by atoms with Crippen LogP contribution in [0.1, 0.15) is 5.56 Å². The summed E-state index contributed by atoms with van der Waals surface area (Å²) in [4.78, 5) is 4.36. The van der Waals surface area contributed by atoms with E-state index in [0.29, 0.717) is 11.0 Å². The van der Waals surface area contributed by atoms with E-state index in [1.807, 2.05) is 41.8 Å². The molecule has 1 aromatic heterocycles. The highest BCUT2D eigenvalue weighted by atomic mass is 79.9. The summed E-state index contributed by atoms with van der Waals surface area (Å²) in [6, 6.07) is 11.7. The Hall–Kier alpha value is -1.52. The fourth-order valence-corrected chi connectivity index (χ4v) is 2.95. The van der Waals surface area contributed by atoms with Crippen LogP contribution in [0.25, 0.3) is 16.7 Å². The fourth-order valence-electron chi connectivity index (χ4n) is 2.18. The quantitative estimate of drug-likeness (QED) is 0.718. The number of anilines is 1. The highest BCUT2D eigenvalue weighted by Crippen LogP contribution is 2.27. The van der Waals surface area contributed by atoms with E-state index in [9.17, 15) is 0 Å². The zero-order valence-corrected chi connectivity index (χ0v) is 12.5. The largest absolute Gasteiger partial charge is 0.369 e. The van der Waals surface area contributed by atoms with Gasteiger partial charge in [-0.2, -0.15) is 0 Å². The number of halogens is 2. The maximum atomic E-state index is 6.06. The molecule has 2 N–H and O–H groups in total. The van der Waals surface area contributed by atoms with Gasteiger partial charge in [0.25, 0.3) is 0 Å². The molecule has 0 saturated carbocycles. The number of imidazole rings is 1. The first kappa shape index (κ1) is 12.5. The minimum atomic E-state index is 0.453. The molecular weight excluding hydrogens is 326 g/mol. The normalized spacial score (nSPS) is 11.1. The molecule has 96 valence electrons. The maximum Gasteiger partial charge on any atom is 0.205 e. The molecule has 0 saturated heterocycles. The van der Waals surface area contributed by atoms with E-state index >= 15 is 0 Å². The van der Waals surface area contributed by atoms with E-state index in [0.717, 1.165) is 26.8 Å². The molecule has 3 rings (SSSR count). The fraction of sp³-hybridized carbons (Fsp3) is 0.0714. The van der Waals surface area contributed by atoms with Gasteiger partial charge >= 0.3 is 0 Å². The minimum Gasteiger partial charge on any atom is -0.369 e. The summed E-state index contributed by atoms with van der Waals surface area (Å²) < 4.78 is 2.91. The molecular formula is C14H11BrClN3. The second-order valence-corrected chi connectivity index (χ2v) is 5.78. The molecule has 3 aromatic rings. The number of aryl methyl sites for hydroxylation is 1. The number of aromatic nitrogens is 2. The Bertz CT molecular complexity index is 759. The van der Waals surface area contributed by atoms with Crippen LogP contribution in [0.5, 0.6) is 0 Å². The topological polar surface area (TPSA) is 43.8 Å². The number of hydrogen-bond acceptors (Lipinski definition) is 2. The lowest BCUT2D eigenvalue weighted by atomic mass is 10.2. The smallest absolute Gasteiger partial charge is 0.205 e. The molecule has 0 aliphatic carbocycles. The summed E-state index contributed by atoms with van der Waals surface area (Å²) >= 11 is 9.56. The lowest BCUT2D eigenvalue weighted by Crippen LogP contribution is -2.01. The predicted molar refractivity (Wildman–Crippen MR) is 82.9 cm³/mol. The Morgan fingerprint density at radius 1 is 1.21 bits per heavy atom. The van der Waals surface area contributed by atoms with Gasteiger partial charge in [0.05, 0.1) is 16.7 Å². The zero-order chi connectivity index (χ0) is 13.6. The minimum absolute atomic E-state index is 0.453. The lowest BCUT2D eigenvalue weighted by Gasteiger charge is -2.08. The van der Waals surface area contributed by atoms with Crippen LogP contribution in [0.15, 0.2) is 40.9 Å². The van der Waals surface area contributed by atoms with Gasteiger partial charge < -0.3 is 5.73 Å². The van der Waals surface area contributed by atoms with Gasteiger partial charge in [0.1, 0.15) is 0 Å².